The summed E-state index contributed by atoms with van der Waals surface area (Å²) < 4.78 is 5.16. The zero-order chi connectivity index (χ0) is 15.6. The molecule has 0 aromatic carbocycles. The average Bonchev–Trinajstić information content (AvgIpc) is 3.27. The number of amides is 1. The zero-order valence-electron chi connectivity index (χ0n) is 13.7. The monoisotopic (exact) mass is 317 g/mol. The van der Waals surface area contributed by atoms with Crippen molar-refractivity contribution in [1.29, 1.82) is 0 Å². The molecule has 5 heteroatoms. The number of nitrogens with zero attached hydrogens (tertiary/aromatic N) is 2. The van der Waals surface area contributed by atoms with Crippen LogP contribution < -0.4 is 5.32 Å². The second-order valence-electron chi connectivity index (χ2n) is 7.39. The van der Waals surface area contributed by atoms with Crippen molar-refractivity contribution in [1.82, 2.24) is 15.1 Å². The number of hydrogen-bond donors (Lipinski definition) is 1. The maximum Gasteiger partial charge on any atom is 0.287 e. The van der Waals surface area contributed by atoms with Gasteiger partial charge in [-0.05, 0) is 69.3 Å². The maximum atomic E-state index is 12.0. The molecular weight excluding hydrogens is 290 g/mol. The molecule has 2 bridgehead atoms. The molecule has 5 rings (SSSR count). The predicted molar refractivity (Wildman–Crippen MR) is 88.3 cm³/mol. The first-order valence-corrected chi connectivity index (χ1v) is 9.08. The molecule has 4 atom stereocenters. The van der Waals surface area contributed by atoms with Crippen LogP contribution >= 0.6 is 0 Å². The molecule has 23 heavy (non-hydrogen) atoms. The van der Waals surface area contributed by atoms with Crippen molar-refractivity contribution in [2.75, 3.05) is 39.3 Å². The van der Waals surface area contributed by atoms with Crippen LogP contribution in [0.3, 0.4) is 0 Å². The highest BCUT2D eigenvalue weighted by molar-refractivity contribution is 5.91. The van der Waals surface area contributed by atoms with Gasteiger partial charge in [0.15, 0.2) is 5.76 Å². The quantitative estimate of drug-likeness (QED) is 0.900. The summed E-state index contributed by atoms with van der Waals surface area (Å²) in [6.07, 6.45) is 6.87. The first kappa shape index (κ1) is 15.2. The number of rotatable bonds is 5. The fourth-order valence-corrected chi connectivity index (χ4v) is 4.67. The molecule has 0 aliphatic carbocycles. The summed E-state index contributed by atoms with van der Waals surface area (Å²) >= 11 is 0. The predicted octanol–water partition coefficient (Wildman–Crippen LogP) is 1.82. The minimum atomic E-state index is -0.0914. The van der Waals surface area contributed by atoms with Crippen molar-refractivity contribution in [2.45, 2.75) is 31.7 Å². The van der Waals surface area contributed by atoms with E-state index < -0.39 is 0 Å². The van der Waals surface area contributed by atoms with Gasteiger partial charge in [-0.1, -0.05) is 0 Å². The summed E-state index contributed by atoms with van der Waals surface area (Å²) in [5.74, 6) is 1.99. The van der Waals surface area contributed by atoms with Gasteiger partial charge in [0.05, 0.1) is 6.26 Å². The molecule has 1 amide bonds. The summed E-state index contributed by atoms with van der Waals surface area (Å²) in [4.78, 5) is 17.3. The molecule has 4 saturated heterocycles. The number of nitrogens with one attached hydrogen (secondary N) is 1. The Bertz CT molecular complexity index is 524. The lowest BCUT2D eigenvalue weighted by atomic mass is 9.75. The van der Waals surface area contributed by atoms with E-state index >= 15 is 0 Å². The van der Waals surface area contributed by atoms with Crippen LogP contribution in [0.15, 0.2) is 22.8 Å². The molecule has 0 spiro atoms. The molecule has 4 aliphatic rings. The van der Waals surface area contributed by atoms with Crippen molar-refractivity contribution in [3.05, 3.63) is 24.2 Å². The fraction of sp³-hybridized carbons (Fsp3) is 0.722. The fourth-order valence-electron chi connectivity index (χ4n) is 4.67. The van der Waals surface area contributed by atoms with Crippen LogP contribution in [0.1, 0.15) is 36.2 Å². The van der Waals surface area contributed by atoms with Crippen LogP contribution in [0.5, 0.6) is 0 Å². The summed E-state index contributed by atoms with van der Waals surface area (Å²) in [5, 5.41) is 3.04. The third kappa shape index (κ3) is 3.31. The van der Waals surface area contributed by atoms with Crippen molar-refractivity contribution in [2.24, 2.45) is 11.8 Å². The van der Waals surface area contributed by atoms with Crippen LogP contribution in [0.2, 0.25) is 0 Å². The Labute approximate surface area is 138 Å². The number of hydrogen-bond acceptors (Lipinski definition) is 4. The third-order valence-corrected chi connectivity index (χ3v) is 5.95. The standard InChI is InChI=1S/C18H27N3O2/c22-18(17-4-3-9-23-17)19-11-16-10-14-5-8-21(16)13-15(14)12-20-6-1-2-7-20/h3-4,9,14-16H,1-2,5-8,10-13H2,(H,19,22)/t14-,15+,16-/m1/s1. The first-order valence-electron chi connectivity index (χ1n) is 9.08. The highest BCUT2D eigenvalue weighted by Gasteiger charge is 2.40. The highest BCUT2D eigenvalue weighted by atomic mass is 16.3. The van der Waals surface area contributed by atoms with E-state index in [1.807, 2.05) is 0 Å². The molecule has 1 aromatic heterocycles. The second kappa shape index (κ2) is 6.65. The molecular formula is C18H27N3O2. The van der Waals surface area contributed by atoms with Crippen molar-refractivity contribution in [3.8, 4) is 0 Å². The molecule has 0 radical (unpaired) electrons. The van der Waals surface area contributed by atoms with Crippen LogP contribution in [0.4, 0.5) is 0 Å². The molecule has 4 aliphatic heterocycles. The zero-order valence-corrected chi connectivity index (χ0v) is 13.7. The van der Waals surface area contributed by atoms with Crippen LogP contribution in [-0.2, 0) is 0 Å². The Morgan fingerprint density at radius 1 is 1.30 bits per heavy atom. The van der Waals surface area contributed by atoms with Crippen molar-refractivity contribution in [3.63, 3.8) is 0 Å². The number of furan rings is 1. The number of carbonyl (C=O) groups is 1. The lowest BCUT2D eigenvalue weighted by Gasteiger charge is -2.50. The van der Waals surface area contributed by atoms with Crippen molar-refractivity contribution >= 4 is 5.91 Å². The summed E-state index contributed by atoms with van der Waals surface area (Å²) in [5.41, 5.74) is 0. The lowest BCUT2D eigenvalue weighted by molar-refractivity contribution is -0.00912. The van der Waals surface area contributed by atoms with E-state index in [0.29, 0.717) is 11.8 Å². The lowest BCUT2D eigenvalue weighted by Crippen LogP contribution is -2.58. The summed E-state index contributed by atoms with van der Waals surface area (Å²) in [6, 6.07) is 3.97. The highest BCUT2D eigenvalue weighted by Crippen LogP contribution is 2.36. The maximum absolute atomic E-state index is 12.0. The number of piperidine rings is 3. The molecule has 5 nitrogen and oxygen atoms in total. The van der Waals surface area contributed by atoms with Gasteiger partial charge in [-0.3, -0.25) is 9.69 Å². The van der Waals surface area contributed by atoms with Gasteiger partial charge in [0.1, 0.15) is 0 Å². The topological polar surface area (TPSA) is 48.7 Å². The largest absolute Gasteiger partial charge is 0.459 e. The molecule has 1 aromatic rings. The first-order chi connectivity index (χ1) is 11.3. The van der Waals surface area contributed by atoms with Gasteiger partial charge in [0.2, 0.25) is 0 Å². The molecule has 0 saturated carbocycles. The van der Waals surface area contributed by atoms with E-state index in [-0.39, 0.29) is 5.91 Å². The summed E-state index contributed by atoms with van der Waals surface area (Å²) in [6.45, 7) is 7.03. The van der Waals surface area contributed by atoms with E-state index in [1.165, 1.54) is 58.4 Å². The Kier molecular flexibility index (Phi) is 4.40. The van der Waals surface area contributed by atoms with E-state index in [9.17, 15) is 4.79 Å². The Morgan fingerprint density at radius 3 is 2.87 bits per heavy atom. The number of fused-ring (bicyclic) bond motifs is 3. The minimum Gasteiger partial charge on any atom is -0.459 e. The van der Waals surface area contributed by atoms with Crippen LogP contribution in [0.25, 0.3) is 0 Å². The van der Waals surface area contributed by atoms with Crippen molar-refractivity contribution < 1.29 is 9.21 Å². The molecule has 1 unspecified atom stereocenters. The number of likely N-dealkylation sites (tertiary alicyclic amines) is 1. The van der Waals surface area contributed by atoms with Crippen LogP contribution in [0, 0.1) is 11.8 Å². The Balaban J connectivity index is 1.28. The van der Waals surface area contributed by atoms with E-state index in [2.05, 4.69) is 15.1 Å². The van der Waals surface area contributed by atoms with Gasteiger partial charge in [0.25, 0.3) is 5.91 Å². The Morgan fingerprint density at radius 2 is 2.17 bits per heavy atom. The average molecular weight is 317 g/mol. The van der Waals surface area contributed by atoms with E-state index in [0.717, 1.165) is 18.4 Å². The van der Waals surface area contributed by atoms with Crippen LogP contribution in [-0.4, -0.2) is 61.0 Å². The van der Waals surface area contributed by atoms with Gasteiger partial charge >= 0.3 is 0 Å². The summed E-state index contributed by atoms with van der Waals surface area (Å²) in [7, 11) is 0. The molecule has 5 heterocycles. The SMILES string of the molecule is O=C(NC[C@H]1C[C@H]2CCN1C[C@@H]2CN1CCCC1)c1ccco1. The smallest absolute Gasteiger partial charge is 0.287 e. The van der Waals surface area contributed by atoms with Gasteiger partial charge in [0, 0.05) is 25.7 Å². The minimum absolute atomic E-state index is 0.0914. The van der Waals surface area contributed by atoms with Gasteiger partial charge in [-0.15, -0.1) is 0 Å². The van der Waals surface area contributed by atoms with E-state index in [1.54, 1.807) is 18.4 Å². The van der Waals surface area contributed by atoms with E-state index in [4.69, 9.17) is 4.42 Å². The van der Waals surface area contributed by atoms with Gasteiger partial charge in [-0.25, -0.2) is 0 Å². The van der Waals surface area contributed by atoms with Gasteiger partial charge < -0.3 is 14.6 Å². The number of carbonyl (C=O) groups excluding carboxylic acids is 1. The van der Waals surface area contributed by atoms with Gasteiger partial charge in [-0.2, -0.15) is 0 Å². The second-order valence-corrected chi connectivity index (χ2v) is 7.39. The normalized spacial score (nSPS) is 33.9. The third-order valence-electron chi connectivity index (χ3n) is 5.95. The molecule has 126 valence electrons. The Hall–Kier alpha value is -1.33. The molecule has 1 N–H and O–H groups in total. The molecule has 4 fully saturated rings.